The van der Waals surface area contributed by atoms with Crippen LogP contribution in [-0.2, 0) is 11.3 Å². The fourth-order valence-corrected chi connectivity index (χ4v) is 1.71. The number of aryl methyl sites for hydroxylation is 1. The number of hydrogen-bond donors (Lipinski definition) is 1. The minimum absolute atomic E-state index is 0.836. The van der Waals surface area contributed by atoms with Crippen LogP contribution in [0.3, 0.4) is 0 Å². The van der Waals surface area contributed by atoms with Crippen molar-refractivity contribution in [2.75, 3.05) is 19.8 Å². The molecule has 0 bridgehead atoms. The van der Waals surface area contributed by atoms with Crippen molar-refractivity contribution in [2.45, 2.75) is 26.3 Å². The Bertz CT molecular complexity index is 320. The number of hydrogen-bond acceptors (Lipinski definition) is 2. The fourth-order valence-electron chi connectivity index (χ4n) is 1.71. The van der Waals surface area contributed by atoms with Crippen molar-refractivity contribution >= 4 is 0 Å². The van der Waals surface area contributed by atoms with Gasteiger partial charge in [0.15, 0.2) is 0 Å². The zero-order chi connectivity index (χ0) is 11.2. The van der Waals surface area contributed by atoms with E-state index in [4.69, 9.17) is 4.74 Å². The molecule has 0 saturated heterocycles. The summed E-state index contributed by atoms with van der Waals surface area (Å²) in [5, 5.41) is 3.41. The average molecular weight is 219 g/mol. The summed E-state index contributed by atoms with van der Waals surface area (Å²) >= 11 is 0. The van der Waals surface area contributed by atoms with Gasteiger partial charge in [0.05, 0.1) is 6.61 Å². The Balaban J connectivity index is 1.55. The highest BCUT2D eigenvalue weighted by Gasteiger charge is 2.20. The standard InChI is InChI=1S/C14H21NO/c1-12-4-2-3-5-14(12)10-15-8-9-16-11-13-6-7-13/h2-5,13,15H,6-11H2,1H3. The van der Waals surface area contributed by atoms with Crippen molar-refractivity contribution in [3.8, 4) is 0 Å². The molecule has 0 radical (unpaired) electrons. The molecule has 2 rings (SSSR count). The zero-order valence-corrected chi connectivity index (χ0v) is 10.0. The van der Waals surface area contributed by atoms with Gasteiger partial charge in [0.2, 0.25) is 0 Å². The lowest BCUT2D eigenvalue weighted by Crippen LogP contribution is -2.20. The van der Waals surface area contributed by atoms with Gasteiger partial charge in [0, 0.05) is 19.7 Å². The van der Waals surface area contributed by atoms with Crippen LogP contribution in [0.25, 0.3) is 0 Å². The number of rotatable bonds is 7. The first kappa shape index (κ1) is 11.6. The molecule has 0 heterocycles. The van der Waals surface area contributed by atoms with Crippen LogP contribution in [0.15, 0.2) is 24.3 Å². The van der Waals surface area contributed by atoms with Gasteiger partial charge < -0.3 is 10.1 Å². The van der Waals surface area contributed by atoms with Gasteiger partial charge in [-0.15, -0.1) is 0 Å². The van der Waals surface area contributed by atoms with Gasteiger partial charge in [-0.3, -0.25) is 0 Å². The molecule has 0 spiro atoms. The highest BCUT2D eigenvalue weighted by Crippen LogP contribution is 2.28. The van der Waals surface area contributed by atoms with Gasteiger partial charge >= 0.3 is 0 Å². The first-order chi connectivity index (χ1) is 7.86. The van der Waals surface area contributed by atoms with E-state index < -0.39 is 0 Å². The van der Waals surface area contributed by atoms with Gasteiger partial charge in [-0.25, -0.2) is 0 Å². The van der Waals surface area contributed by atoms with E-state index in [1.165, 1.54) is 24.0 Å². The minimum atomic E-state index is 0.836. The summed E-state index contributed by atoms with van der Waals surface area (Å²) in [6.45, 7) is 5.84. The Labute approximate surface area is 98.0 Å². The lowest BCUT2D eigenvalue weighted by molar-refractivity contribution is 0.126. The SMILES string of the molecule is Cc1ccccc1CNCCOCC1CC1. The Kier molecular flexibility index (Phi) is 4.37. The highest BCUT2D eigenvalue weighted by molar-refractivity contribution is 5.25. The second-order valence-corrected chi connectivity index (χ2v) is 4.62. The van der Waals surface area contributed by atoms with E-state index in [9.17, 15) is 0 Å². The van der Waals surface area contributed by atoms with E-state index in [-0.39, 0.29) is 0 Å². The third-order valence-corrected chi connectivity index (χ3v) is 3.05. The van der Waals surface area contributed by atoms with E-state index in [1.54, 1.807) is 0 Å². The normalized spacial score (nSPS) is 15.3. The van der Waals surface area contributed by atoms with Gasteiger partial charge in [-0.05, 0) is 36.8 Å². The summed E-state index contributed by atoms with van der Waals surface area (Å²) in [5.41, 5.74) is 2.73. The third-order valence-electron chi connectivity index (χ3n) is 3.05. The van der Waals surface area contributed by atoms with E-state index in [0.717, 1.165) is 32.2 Å². The van der Waals surface area contributed by atoms with E-state index in [0.29, 0.717) is 0 Å². The van der Waals surface area contributed by atoms with Crippen LogP contribution in [0.1, 0.15) is 24.0 Å². The van der Waals surface area contributed by atoms with Gasteiger partial charge in [0.25, 0.3) is 0 Å². The number of benzene rings is 1. The molecule has 1 aliphatic carbocycles. The molecule has 0 unspecified atom stereocenters. The summed E-state index contributed by atoms with van der Waals surface area (Å²) < 4.78 is 5.56. The first-order valence-corrected chi connectivity index (χ1v) is 6.19. The maximum absolute atomic E-state index is 5.56. The smallest absolute Gasteiger partial charge is 0.0591 e. The van der Waals surface area contributed by atoms with Gasteiger partial charge in [-0.1, -0.05) is 24.3 Å². The predicted molar refractivity (Wildman–Crippen MR) is 66.4 cm³/mol. The van der Waals surface area contributed by atoms with Crippen LogP contribution in [0.5, 0.6) is 0 Å². The summed E-state index contributed by atoms with van der Waals surface area (Å²) in [5.74, 6) is 0.872. The summed E-state index contributed by atoms with van der Waals surface area (Å²) in [6.07, 6.45) is 2.74. The van der Waals surface area contributed by atoms with Gasteiger partial charge in [0.1, 0.15) is 0 Å². The van der Waals surface area contributed by atoms with Crippen LogP contribution in [-0.4, -0.2) is 19.8 Å². The molecule has 2 nitrogen and oxygen atoms in total. The lowest BCUT2D eigenvalue weighted by Gasteiger charge is -2.07. The van der Waals surface area contributed by atoms with Crippen molar-refractivity contribution in [1.29, 1.82) is 0 Å². The molecule has 0 aromatic heterocycles. The molecule has 2 heteroatoms. The Morgan fingerprint density at radius 3 is 2.88 bits per heavy atom. The van der Waals surface area contributed by atoms with Crippen LogP contribution in [0.4, 0.5) is 0 Å². The third kappa shape index (κ3) is 3.95. The molecule has 1 aliphatic rings. The molecule has 0 amide bonds. The monoisotopic (exact) mass is 219 g/mol. The van der Waals surface area contributed by atoms with Crippen molar-refractivity contribution < 1.29 is 4.74 Å². The van der Waals surface area contributed by atoms with Crippen molar-refractivity contribution in [2.24, 2.45) is 5.92 Å². The molecule has 1 saturated carbocycles. The minimum Gasteiger partial charge on any atom is -0.380 e. The van der Waals surface area contributed by atoms with Crippen molar-refractivity contribution in [3.05, 3.63) is 35.4 Å². The largest absolute Gasteiger partial charge is 0.380 e. The van der Waals surface area contributed by atoms with Crippen LogP contribution >= 0.6 is 0 Å². The summed E-state index contributed by atoms with van der Waals surface area (Å²) in [6, 6.07) is 8.50. The van der Waals surface area contributed by atoms with E-state index in [1.807, 2.05) is 0 Å². The second kappa shape index (κ2) is 6.02. The molecular formula is C14H21NO. The lowest BCUT2D eigenvalue weighted by atomic mass is 10.1. The van der Waals surface area contributed by atoms with Crippen molar-refractivity contribution in [3.63, 3.8) is 0 Å². The van der Waals surface area contributed by atoms with Crippen LogP contribution in [0.2, 0.25) is 0 Å². The fraction of sp³-hybridized carbons (Fsp3) is 0.571. The van der Waals surface area contributed by atoms with Crippen LogP contribution in [0, 0.1) is 12.8 Å². The molecular weight excluding hydrogens is 198 g/mol. The molecule has 0 aliphatic heterocycles. The summed E-state index contributed by atoms with van der Waals surface area (Å²) in [7, 11) is 0. The van der Waals surface area contributed by atoms with E-state index in [2.05, 4.69) is 36.5 Å². The molecule has 1 fully saturated rings. The molecule has 1 N–H and O–H groups in total. The van der Waals surface area contributed by atoms with Gasteiger partial charge in [-0.2, -0.15) is 0 Å². The average Bonchev–Trinajstić information content (AvgIpc) is 3.09. The predicted octanol–water partition coefficient (Wildman–Crippen LogP) is 2.51. The Morgan fingerprint density at radius 2 is 2.12 bits per heavy atom. The molecule has 88 valence electrons. The Morgan fingerprint density at radius 1 is 1.31 bits per heavy atom. The Hall–Kier alpha value is -0.860. The van der Waals surface area contributed by atoms with E-state index >= 15 is 0 Å². The first-order valence-electron chi connectivity index (χ1n) is 6.19. The molecule has 16 heavy (non-hydrogen) atoms. The second-order valence-electron chi connectivity index (χ2n) is 4.62. The highest BCUT2D eigenvalue weighted by atomic mass is 16.5. The maximum atomic E-state index is 5.56. The van der Waals surface area contributed by atoms with Crippen molar-refractivity contribution in [1.82, 2.24) is 5.32 Å². The number of nitrogens with one attached hydrogen (secondary N) is 1. The maximum Gasteiger partial charge on any atom is 0.0591 e. The summed E-state index contributed by atoms with van der Waals surface area (Å²) in [4.78, 5) is 0. The number of ether oxygens (including phenoxy) is 1. The zero-order valence-electron chi connectivity index (χ0n) is 10.0. The molecule has 1 aromatic carbocycles. The molecule has 0 atom stereocenters. The topological polar surface area (TPSA) is 21.3 Å². The van der Waals surface area contributed by atoms with Crippen LogP contribution < -0.4 is 5.32 Å². The quantitative estimate of drug-likeness (QED) is 0.711. The molecule has 1 aromatic rings.